The Bertz CT molecular complexity index is 124. The summed E-state index contributed by atoms with van der Waals surface area (Å²) in [7, 11) is 0. The predicted octanol–water partition coefficient (Wildman–Crippen LogP) is 5.40. The Morgan fingerprint density at radius 1 is 1.00 bits per heavy atom. The SMILES string of the molecule is CCCCCCCC(CBr)C(C)(C)C. The molecule has 0 heterocycles. The van der Waals surface area contributed by atoms with Crippen molar-refractivity contribution < 1.29 is 0 Å². The van der Waals surface area contributed by atoms with Crippen LogP contribution in [0.15, 0.2) is 0 Å². The fourth-order valence-corrected chi connectivity index (χ4v) is 3.03. The summed E-state index contributed by atoms with van der Waals surface area (Å²) in [5, 5.41) is 1.16. The maximum Gasteiger partial charge on any atom is 0.00646 e. The smallest absolute Gasteiger partial charge is 0.00646 e. The second kappa shape index (κ2) is 7.73. The Balaban J connectivity index is 3.54. The van der Waals surface area contributed by atoms with E-state index in [0.717, 1.165) is 11.2 Å². The van der Waals surface area contributed by atoms with Crippen molar-refractivity contribution in [3.05, 3.63) is 0 Å². The highest BCUT2D eigenvalue weighted by Gasteiger charge is 2.22. The molecule has 0 saturated heterocycles. The van der Waals surface area contributed by atoms with Crippen molar-refractivity contribution in [1.82, 2.24) is 0 Å². The Hall–Kier alpha value is 0.480. The summed E-state index contributed by atoms with van der Waals surface area (Å²) in [4.78, 5) is 0. The summed E-state index contributed by atoms with van der Waals surface area (Å²) in [5.41, 5.74) is 0.467. The third-order valence-corrected chi connectivity index (χ3v) is 3.85. The molecule has 0 spiro atoms. The van der Waals surface area contributed by atoms with Crippen LogP contribution < -0.4 is 0 Å². The quantitative estimate of drug-likeness (QED) is 0.426. The number of alkyl halides is 1. The molecule has 0 aliphatic rings. The molecule has 0 aromatic heterocycles. The highest BCUT2D eigenvalue weighted by molar-refractivity contribution is 9.09. The molecule has 0 N–H and O–H groups in total. The number of rotatable bonds is 7. The number of hydrogen-bond acceptors (Lipinski definition) is 0. The van der Waals surface area contributed by atoms with Crippen LogP contribution in [0.25, 0.3) is 0 Å². The lowest BCUT2D eigenvalue weighted by Gasteiger charge is -2.29. The van der Waals surface area contributed by atoms with E-state index >= 15 is 0 Å². The molecule has 0 nitrogen and oxygen atoms in total. The van der Waals surface area contributed by atoms with Crippen LogP contribution in [0.3, 0.4) is 0 Å². The summed E-state index contributed by atoms with van der Waals surface area (Å²) >= 11 is 3.63. The van der Waals surface area contributed by atoms with Gasteiger partial charge in [-0.25, -0.2) is 0 Å². The van der Waals surface area contributed by atoms with Crippen molar-refractivity contribution in [2.24, 2.45) is 11.3 Å². The van der Waals surface area contributed by atoms with Crippen LogP contribution in [0.1, 0.15) is 66.2 Å². The van der Waals surface area contributed by atoms with Crippen LogP contribution in [0.2, 0.25) is 0 Å². The van der Waals surface area contributed by atoms with Gasteiger partial charge in [0.15, 0.2) is 0 Å². The average molecular weight is 263 g/mol. The van der Waals surface area contributed by atoms with Crippen LogP contribution in [0.4, 0.5) is 0 Å². The van der Waals surface area contributed by atoms with Crippen molar-refractivity contribution >= 4 is 15.9 Å². The second-order valence-electron chi connectivity index (χ2n) is 5.42. The van der Waals surface area contributed by atoms with E-state index in [1.165, 1.54) is 38.5 Å². The summed E-state index contributed by atoms with van der Waals surface area (Å²) in [5.74, 6) is 0.837. The minimum absolute atomic E-state index is 0.467. The average Bonchev–Trinajstić information content (AvgIpc) is 2.09. The maximum absolute atomic E-state index is 3.63. The molecule has 0 radical (unpaired) electrons. The van der Waals surface area contributed by atoms with Gasteiger partial charge in [0.25, 0.3) is 0 Å². The third-order valence-electron chi connectivity index (χ3n) is 3.07. The van der Waals surface area contributed by atoms with Gasteiger partial charge in [0.1, 0.15) is 0 Å². The second-order valence-corrected chi connectivity index (χ2v) is 6.07. The first kappa shape index (κ1) is 14.5. The minimum atomic E-state index is 0.467. The summed E-state index contributed by atoms with van der Waals surface area (Å²) in [6.07, 6.45) is 8.41. The van der Waals surface area contributed by atoms with E-state index in [-0.39, 0.29) is 0 Å². The molecule has 1 heteroatoms. The van der Waals surface area contributed by atoms with Gasteiger partial charge in [0, 0.05) is 5.33 Å². The van der Waals surface area contributed by atoms with Gasteiger partial charge in [-0.15, -0.1) is 0 Å². The predicted molar refractivity (Wildman–Crippen MR) is 70.1 cm³/mol. The lowest BCUT2D eigenvalue weighted by Crippen LogP contribution is -2.21. The number of unbranched alkanes of at least 4 members (excludes halogenated alkanes) is 4. The Morgan fingerprint density at radius 3 is 2.00 bits per heavy atom. The van der Waals surface area contributed by atoms with E-state index in [4.69, 9.17) is 0 Å². The standard InChI is InChI=1S/C13H27Br/c1-5-6-7-8-9-10-12(11-14)13(2,3)4/h12H,5-11H2,1-4H3. The van der Waals surface area contributed by atoms with Crippen LogP contribution >= 0.6 is 15.9 Å². The largest absolute Gasteiger partial charge is 0.0925 e. The summed E-state index contributed by atoms with van der Waals surface area (Å²) in [6, 6.07) is 0. The first-order valence-corrected chi connectivity index (χ1v) is 7.20. The van der Waals surface area contributed by atoms with Crippen molar-refractivity contribution in [3.8, 4) is 0 Å². The molecule has 14 heavy (non-hydrogen) atoms. The number of halogens is 1. The third kappa shape index (κ3) is 6.86. The highest BCUT2D eigenvalue weighted by atomic mass is 79.9. The van der Waals surface area contributed by atoms with Gasteiger partial charge >= 0.3 is 0 Å². The molecule has 0 amide bonds. The summed E-state index contributed by atoms with van der Waals surface area (Å²) < 4.78 is 0. The molecule has 1 atom stereocenters. The van der Waals surface area contributed by atoms with E-state index in [2.05, 4.69) is 43.6 Å². The van der Waals surface area contributed by atoms with Gasteiger partial charge < -0.3 is 0 Å². The normalized spacial score (nSPS) is 14.4. The molecule has 0 bridgehead atoms. The van der Waals surface area contributed by atoms with Gasteiger partial charge in [0.05, 0.1) is 0 Å². The molecule has 0 aliphatic heterocycles. The van der Waals surface area contributed by atoms with Crippen LogP contribution in [0.5, 0.6) is 0 Å². The fraction of sp³-hybridized carbons (Fsp3) is 1.00. The molecular formula is C13H27Br. The lowest BCUT2D eigenvalue weighted by atomic mass is 9.79. The molecule has 0 aliphatic carbocycles. The lowest BCUT2D eigenvalue weighted by molar-refractivity contribution is 0.247. The summed E-state index contributed by atoms with van der Waals surface area (Å²) in [6.45, 7) is 9.33. The van der Waals surface area contributed by atoms with Gasteiger partial charge in [0.2, 0.25) is 0 Å². The molecule has 86 valence electrons. The Kier molecular flexibility index (Phi) is 8.00. The van der Waals surface area contributed by atoms with Crippen molar-refractivity contribution in [1.29, 1.82) is 0 Å². The van der Waals surface area contributed by atoms with Crippen molar-refractivity contribution in [2.45, 2.75) is 66.2 Å². The van der Waals surface area contributed by atoms with E-state index in [1.54, 1.807) is 0 Å². The van der Waals surface area contributed by atoms with E-state index < -0.39 is 0 Å². The van der Waals surface area contributed by atoms with Crippen molar-refractivity contribution in [3.63, 3.8) is 0 Å². The van der Waals surface area contributed by atoms with E-state index in [9.17, 15) is 0 Å². The van der Waals surface area contributed by atoms with Gasteiger partial charge in [-0.2, -0.15) is 0 Å². The van der Waals surface area contributed by atoms with E-state index in [1.807, 2.05) is 0 Å². The molecule has 0 saturated carbocycles. The first-order chi connectivity index (χ1) is 6.52. The molecule has 0 rings (SSSR count). The Morgan fingerprint density at radius 2 is 1.57 bits per heavy atom. The zero-order valence-electron chi connectivity index (χ0n) is 10.4. The molecule has 1 unspecified atom stereocenters. The van der Waals surface area contributed by atoms with Crippen LogP contribution in [0, 0.1) is 11.3 Å². The van der Waals surface area contributed by atoms with E-state index in [0.29, 0.717) is 5.41 Å². The zero-order chi connectivity index (χ0) is 11.0. The molecule has 0 aromatic rings. The minimum Gasteiger partial charge on any atom is -0.0925 e. The van der Waals surface area contributed by atoms with Crippen molar-refractivity contribution in [2.75, 3.05) is 5.33 Å². The van der Waals surface area contributed by atoms with Crippen LogP contribution in [-0.4, -0.2) is 5.33 Å². The monoisotopic (exact) mass is 262 g/mol. The number of hydrogen-bond donors (Lipinski definition) is 0. The molecule has 0 fully saturated rings. The first-order valence-electron chi connectivity index (χ1n) is 6.08. The van der Waals surface area contributed by atoms with Gasteiger partial charge in [-0.05, 0) is 17.8 Å². The maximum atomic E-state index is 3.63. The molecule has 0 aromatic carbocycles. The fourth-order valence-electron chi connectivity index (χ4n) is 1.74. The topological polar surface area (TPSA) is 0 Å². The highest BCUT2D eigenvalue weighted by Crippen LogP contribution is 2.31. The zero-order valence-corrected chi connectivity index (χ0v) is 12.0. The molecular weight excluding hydrogens is 236 g/mol. The van der Waals surface area contributed by atoms with Crippen LogP contribution in [-0.2, 0) is 0 Å². The van der Waals surface area contributed by atoms with Gasteiger partial charge in [-0.1, -0.05) is 75.7 Å². The van der Waals surface area contributed by atoms with Gasteiger partial charge in [-0.3, -0.25) is 0 Å². The Labute approximate surface area is 99.0 Å².